The predicted molar refractivity (Wildman–Crippen MR) is 104 cm³/mol. The number of nitrogens with one attached hydrogen (secondary N) is 1. The van der Waals surface area contributed by atoms with Gasteiger partial charge in [0.2, 0.25) is 5.91 Å². The lowest BCUT2D eigenvalue weighted by molar-refractivity contribution is -0.151. The van der Waals surface area contributed by atoms with Crippen LogP contribution in [0.1, 0.15) is 30.1 Å². The molecule has 1 aromatic carbocycles. The molecular formula is C20H23F3N4O4. The molecule has 168 valence electrons. The van der Waals surface area contributed by atoms with Gasteiger partial charge >= 0.3 is 12.2 Å². The van der Waals surface area contributed by atoms with Crippen LogP contribution in [0.4, 0.5) is 23.7 Å². The van der Waals surface area contributed by atoms with Crippen molar-refractivity contribution in [1.29, 1.82) is 0 Å². The zero-order chi connectivity index (χ0) is 22.8. The van der Waals surface area contributed by atoms with E-state index in [4.69, 9.17) is 0 Å². The molecule has 2 fully saturated rings. The Morgan fingerprint density at radius 2 is 1.71 bits per heavy atom. The first kappa shape index (κ1) is 22.7. The number of carbonyl (C=O) groups is 4. The number of nitrogens with zero attached hydrogens (tertiary/aromatic N) is 3. The third-order valence-electron chi connectivity index (χ3n) is 5.36. The van der Waals surface area contributed by atoms with Crippen molar-refractivity contribution in [1.82, 2.24) is 14.7 Å². The van der Waals surface area contributed by atoms with Crippen LogP contribution in [0.25, 0.3) is 0 Å². The van der Waals surface area contributed by atoms with Gasteiger partial charge in [0.25, 0.3) is 5.91 Å². The van der Waals surface area contributed by atoms with E-state index >= 15 is 0 Å². The van der Waals surface area contributed by atoms with Crippen molar-refractivity contribution in [2.75, 3.05) is 38.0 Å². The molecule has 3 rings (SSSR count). The summed E-state index contributed by atoms with van der Waals surface area (Å²) in [7, 11) is 0. The lowest BCUT2D eigenvalue weighted by atomic mass is 10.0. The number of hydrogen-bond acceptors (Lipinski definition) is 5. The van der Waals surface area contributed by atoms with E-state index in [-0.39, 0.29) is 35.7 Å². The number of halogens is 3. The molecule has 2 heterocycles. The maximum Gasteiger partial charge on any atom is 0.406 e. The summed E-state index contributed by atoms with van der Waals surface area (Å²) in [6.45, 7) is 0.589. The summed E-state index contributed by atoms with van der Waals surface area (Å²) in [6, 6.07) is 5.29. The van der Waals surface area contributed by atoms with Crippen LogP contribution in [0.2, 0.25) is 0 Å². The number of amides is 4. The summed E-state index contributed by atoms with van der Waals surface area (Å²) >= 11 is 0. The summed E-state index contributed by atoms with van der Waals surface area (Å²) in [5.41, 5.74) is 1.11. The standard InChI is InChI=1S/C20H23F3N4O4/c1-13(28)14-2-4-15(5-3-14)24-17(29)10-25-8-6-16(7-9-25)26-11-18(30)27(19(26)31)12-20(21,22)23/h2-5,16H,6-12H2,1H3,(H,24,29). The summed E-state index contributed by atoms with van der Waals surface area (Å²) in [5.74, 6) is -1.15. The van der Waals surface area contributed by atoms with Gasteiger partial charge in [0, 0.05) is 30.4 Å². The number of urea groups is 1. The molecular weight excluding hydrogens is 417 g/mol. The second kappa shape index (κ2) is 9.04. The van der Waals surface area contributed by atoms with E-state index in [1.54, 1.807) is 24.3 Å². The van der Waals surface area contributed by atoms with Gasteiger partial charge in [-0.2, -0.15) is 13.2 Å². The molecule has 0 spiro atoms. The van der Waals surface area contributed by atoms with Crippen LogP contribution >= 0.6 is 0 Å². The van der Waals surface area contributed by atoms with E-state index in [0.717, 1.165) is 0 Å². The Morgan fingerprint density at radius 1 is 1.10 bits per heavy atom. The molecule has 0 saturated carbocycles. The monoisotopic (exact) mass is 440 g/mol. The molecule has 2 aliphatic rings. The fourth-order valence-corrected chi connectivity index (χ4v) is 3.76. The first-order valence-electron chi connectivity index (χ1n) is 9.84. The number of alkyl halides is 3. The van der Waals surface area contributed by atoms with Crippen LogP contribution < -0.4 is 5.32 Å². The number of anilines is 1. The van der Waals surface area contributed by atoms with Gasteiger partial charge in [-0.25, -0.2) is 4.79 Å². The second-order valence-electron chi connectivity index (χ2n) is 7.69. The number of piperidine rings is 1. The predicted octanol–water partition coefficient (Wildman–Crippen LogP) is 2.12. The topological polar surface area (TPSA) is 90.0 Å². The van der Waals surface area contributed by atoms with E-state index in [0.29, 0.717) is 37.2 Å². The van der Waals surface area contributed by atoms with Crippen LogP contribution in [0.3, 0.4) is 0 Å². The number of imide groups is 1. The van der Waals surface area contributed by atoms with Crippen molar-refractivity contribution in [3.05, 3.63) is 29.8 Å². The second-order valence-corrected chi connectivity index (χ2v) is 7.69. The molecule has 31 heavy (non-hydrogen) atoms. The molecule has 4 amide bonds. The number of likely N-dealkylation sites (tertiary alicyclic amines) is 1. The Bertz CT molecular complexity index is 864. The SMILES string of the molecule is CC(=O)c1ccc(NC(=O)CN2CCC(N3CC(=O)N(CC(F)(F)F)C3=O)CC2)cc1. The van der Waals surface area contributed by atoms with Gasteiger partial charge < -0.3 is 10.2 Å². The molecule has 2 aliphatic heterocycles. The summed E-state index contributed by atoms with van der Waals surface area (Å²) in [6.07, 6.45) is -3.72. The van der Waals surface area contributed by atoms with Gasteiger partial charge in [-0.05, 0) is 44.0 Å². The van der Waals surface area contributed by atoms with Crippen molar-refractivity contribution in [3.8, 4) is 0 Å². The first-order chi connectivity index (χ1) is 14.5. The highest BCUT2D eigenvalue weighted by atomic mass is 19.4. The van der Waals surface area contributed by atoms with Crippen molar-refractivity contribution >= 4 is 29.3 Å². The Morgan fingerprint density at radius 3 is 2.26 bits per heavy atom. The number of carbonyl (C=O) groups excluding carboxylic acids is 4. The van der Waals surface area contributed by atoms with Crippen LogP contribution in [0, 0.1) is 0 Å². The Hall–Kier alpha value is -2.95. The van der Waals surface area contributed by atoms with E-state index in [1.807, 2.05) is 4.90 Å². The molecule has 2 saturated heterocycles. The fraction of sp³-hybridized carbons (Fsp3) is 0.500. The molecule has 0 unspecified atom stereocenters. The molecule has 1 aromatic rings. The van der Waals surface area contributed by atoms with Gasteiger partial charge in [-0.3, -0.25) is 24.2 Å². The highest BCUT2D eigenvalue weighted by molar-refractivity contribution is 6.02. The van der Waals surface area contributed by atoms with Crippen LogP contribution in [-0.2, 0) is 9.59 Å². The van der Waals surface area contributed by atoms with Gasteiger partial charge in [0.05, 0.1) is 6.54 Å². The molecule has 0 bridgehead atoms. The summed E-state index contributed by atoms with van der Waals surface area (Å²) in [5, 5.41) is 2.75. The number of Topliss-reactive ketones (excluding diaryl/α,β-unsaturated/α-hetero) is 1. The minimum Gasteiger partial charge on any atom is -0.325 e. The average molecular weight is 440 g/mol. The van der Waals surface area contributed by atoms with Gasteiger partial charge in [0.1, 0.15) is 13.1 Å². The molecule has 0 atom stereocenters. The zero-order valence-electron chi connectivity index (χ0n) is 16.9. The third-order valence-corrected chi connectivity index (χ3v) is 5.36. The van der Waals surface area contributed by atoms with Gasteiger partial charge in [-0.1, -0.05) is 0 Å². The van der Waals surface area contributed by atoms with Crippen molar-refractivity contribution in [2.45, 2.75) is 32.0 Å². The van der Waals surface area contributed by atoms with Gasteiger partial charge in [0.15, 0.2) is 5.78 Å². The highest BCUT2D eigenvalue weighted by Gasteiger charge is 2.45. The molecule has 11 heteroatoms. The maximum atomic E-state index is 12.6. The molecule has 0 aliphatic carbocycles. The van der Waals surface area contributed by atoms with Crippen LogP contribution in [-0.4, -0.2) is 83.3 Å². The Kier molecular flexibility index (Phi) is 6.63. The Balaban J connectivity index is 1.47. The number of benzene rings is 1. The van der Waals surface area contributed by atoms with E-state index in [9.17, 15) is 32.3 Å². The third kappa shape index (κ3) is 5.81. The normalized spacial score (nSPS) is 18.6. The summed E-state index contributed by atoms with van der Waals surface area (Å²) in [4.78, 5) is 51.0. The maximum absolute atomic E-state index is 12.6. The lowest BCUT2D eigenvalue weighted by Gasteiger charge is -2.35. The molecule has 1 N–H and O–H groups in total. The average Bonchev–Trinajstić information content (AvgIpc) is 2.96. The minimum atomic E-state index is -4.63. The lowest BCUT2D eigenvalue weighted by Crippen LogP contribution is -2.48. The molecule has 0 radical (unpaired) electrons. The van der Waals surface area contributed by atoms with Crippen molar-refractivity contribution in [2.24, 2.45) is 0 Å². The van der Waals surface area contributed by atoms with Crippen LogP contribution in [0.15, 0.2) is 24.3 Å². The van der Waals surface area contributed by atoms with Crippen LogP contribution in [0.5, 0.6) is 0 Å². The number of hydrogen-bond donors (Lipinski definition) is 1. The van der Waals surface area contributed by atoms with E-state index in [2.05, 4.69) is 5.32 Å². The molecule has 8 nitrogen and oxygen atoms in total. The largest absolute Gasteiger partial charge is 0.406 e. The van der Waals surface area contributed by atoms with E-state index < -0.39 is 24.7 Å². The van der Waals surface area contributed by atoms with Crippen molar-refractivity contribution < 1.29 is 32.3 Å². The van der Waals surface area contributed by atoms with Crippen molar-refractivity contribution in [3.63, 3.8) is 0 Å². The smallest absolute Gasteiger partial charge is 0.325 e. The van der Waals surface area contributed by atoms with E-state index in [1.165, 1.54) is 11.8 Å². The first-order valence-corrected chi connectivity index (χ1v) is 9.84. The summed E-state index contributed by atoms with van der Waals surface area (Å²) < 4.78 is 37.8. The minimum absolute atomic E-state index is 0.0690. The fourth-order valence-electron chi connectivity index (χ4n) is 3.76. The number of ketones is 1. The number of rotatable bonds is 6. The van der Waals surface area contributed by atoms with Gasteiger partial charge in [-0.15, -0.1) is 0 Å². The Labute approximate surface area is 177 Å². The highest BCUT2D eigenvalue weighted by Crippen LogP contribution is 2.25. The quantitative estimate of drug-likeness (QED) is 0.541. The zero-order valence-corrected chi connectivity index (χ0v) is 16.9. The molecule has 0 aromatic heterocycles.